The molecule has 3 aromatic carbocycles. The van der Waals surface area contributed by atoms with Gasteiger partial charge >= 0.3 is 21.2 Å². The van der Waals surface area contributed by atoms with Gasteiger partial charge in [-0.2, -0.15) is 4.58 Å². The third-order valence-electron chi connectivity index (χ3n) is 10.8. The first-order valence-electron chi connectivity index (χ1n) is 18.9. The predicted octanol–water partition coefficient (Wildman–Crippen LogP) is 5.65. The molecule has 0 saturated heterocycles. The first-order valence-corrected chi connectivity index (χ1v) is 25.5. The number of fused-ring (bicyclic) bond motifs is 2. The number of hydrogen-bond acceptors (Lipinski definition) is 9. The van der Waals surface area contributed by atoms with E-state index in [4.69, 9.17) is 0 Å². The highest BCUT2D eigenvalue weighted by atomic mass is 32.2. The van der Waals surface area contributed by atoms with Gasteiger partial charge in [0.15, 0.2) is 5.71 Å². The summed E-state index contributed by atoms with van der Waals surface area (Å²) in [6, 6.07) is 15.9. The Morgan fingerprint density at radius 1 is 0.850 bits per heavy atom. The lowest BCUT2D eigenvalue weighted by molar-refractivity contribution is -0.437. The highest BCUT2D eigenvalue weighted by molar-refractivity contribution is 7.95. The number of allylic oxidation sites excluding steroid dienone is 6. The van der Waals surface area contributed by atoms with Crippen molar-refractivity contribution in [2.45, 2.75) is 74.0 Å². The number of carbonyl (C=O) groups is 1. The Labute approximate surface area is 350 Å². The molecule has 2 aliphatic heterocycles. The number of carboxylic acids is 1. The third kappa shape index (κ3) is 11.1. The largest absolute Gasteiger partial charge is 0.774 e. The Bertz CT molecular complexity index is 2640. The Morgan fingerprint density at radius 2 is 1.45 bits per heavy atom. The lowest BCUT2D eigenvalue weighted by atomic mass is 9.81. The lowest BCUT2D eigenvalue weighted by Crippen LogP contribution is -2.28. The van der Waals surface area contributed by atoms with Crippen LogP contribution in [0.3, 0.4) is 0 Å². The van der Waals surface area contributed by atoms with Gasteiger partial charge in [0.05, 0.1) is 22.6 Å². The highest BCUT2D eigenvalue weighted by Crippen LogP contribution is 2.49. The molecule has 3 aromatic rings. The van der Waals surface area contributed by atoms with Crippen LogP contribution < -0.4 is 4.90 Å². The van der Waals surface area contributed by atoms with E-state index in [1.165, 1.54) is 24.3 Å². The molecule has 2 heterocycles. The zero-order valence-corrected chi connectivity index (χ0v) is 37.0. The number of aryl methyl sites for hydroxylation is 1. The second-order valence-corrected chi connectivity index (χ2v) is 22.6. The molecule has 0 aliphatic carbocycles. The SMILES string of the molecule is C=S(=O)([O-])c1ccc2c(c1)C(C)(C)C(/C=C/C(=C/C=C1/N(CCCP(=O)(O)O)c3ccc(S(=O)(=O)[O-])cc3C1(C)C)c1ccc(CCC(=O)O)cc1)=[N+]2CCCP(=O)(O)O. The first-order chi connectivity index (χ1) is 27.6. The van der Waals surface area contributed by atoms with Crippen LogP contribution in [0.25, 0.3) is 5.57 Å². The van der Waals surface area contributed by atoms with Gasteiger partial charge in [0, 0.05) is 58.8 Å². The van der Waals surface area contributed by atoms with Crippen LogP contribution in [-0.2, 0) is 51.1 Å². The fraction of sp³-hybridized carbons (Fsp3) is 0.341. The number of hydrogen-bond donors (Lipinski definition) is 5. The van der Waals surface area contributed by atoms with Gasteiger partial charge in [0.25, 0.3) is 0 Å². The second-order valence-electron chi connectivity index (χ2n) is 15.9. The lowest BCUT2D eigenvalue weighted by Gasteiger charge is -2.27. The minimum Gasteiger partial charge on any atom is -0.774 e. The molecular weight excluding hydrogens is 855 g/mol. The van der Waals surface area contributed by atoms with Crippen LogP contribution in [0.15, 0.2) is 100 Å². The minimum atomic E-state index is -4.82. The molecular formula is C41H49N2O13P2S2-. The van der Waals surface area contributed by atoms with Gasteiger partial charge in [-0.1, -0.05) is 59.9 Å². The smallest absolute Gasteiger partial charge is 0.325 e. The molecule has 0 amide bonds. The van der Waals surface area contributed by atoms with Gasteiger partial charge in [-0.05, 0) is 91.4 Å². The minimum absolute atomic E-state index is 0.00964. The topological polar surface area (TPSA) is 256 Å². The van der Waals surface area contributed by atoms with Crippen LogP contribution in [0.1, 0.15) is 69.2 Å². The summed E-state index contributed by atoms with van der Waals surface area (Å²) in [6.07, 6.45) is 6.94. The van der Waals surface area contributed by atoms with Crippen LogP contribution in [0, 0.1) is 0 Å². The molecule has 0 spiro atoms. The molecule has 1 atom stereocenters. The van der Waals surface area contributed by atoms with Crippen LogP contribution >= 0.6 is 15.2 Å². The van der Waals surface area contributed by atoms with Crippen LogP contribution in [-0.4, -0.2) is 94.0 Å². The zero-order chi connectivity index (χ0) is 44.6. The molecule has 2 aliphatic rings. The van der Waals surface area contributed by atoms with Crippen LogP contribution in [0.2, 0.25) is 0 Å². The van der Waals surface area contributed by atoms with Crippen LogP contribution in [0.5, 0.6) is 0 Å². The molecule has 1 unspecified atom stereocenters. The quantitative estimate of drug-likeness (QED) is 0.0361. The van der Waals surface area contributed by atoms with E-state index in [0.717, 1.165) is 5.56 Å². The number of carboxylic acid groups (broad SMARTS) is 1. The molecule has 0 saturated carbocycles. The maximum atomic E-state index is 12.5. The summed E-state index contributed by atoms with van der Waals surface area (Å²) in [5, 5.41) is 9.23. The normalized spacial score (nSPS) is 18.3. The fourth-order valence-corrected chi connectivity index (χ4v) is 9.89. The maximum absolute atomic E-state index is 12.5. The predicted molar refractivity (Wildman–Crippen MR) is 229 cm³/mol. The van der Waals surface area contributed by atoms with E-state index >= 15 is 0 Å². The van der Waals surface area contributed by atoms with Gasteiger partial charge < -0.3 is 38.7 Å². The summed E-state index contributed by atoms with van der Waals surface area (Å²) in [5.74, 6) is 2.36. The Kier molecular flexibility index (Phi) is 13.7. The van der Waals surface area contributed by atoms with Gasteiger partial charge in [0.1, 0.15) is 16.7 Å². The van der Waals surface area contributed by atoms with Crippen molar-refractivity contribution in [1.29, 1.82) is 0 Å². The van der Waals surface area contributed by atoms with E-state index in [9.17, 15) is 60.3 Å². The standard InChI is InChI=1S/C41H50N2O13P2S2/c1-40(2)33-26-31(59(5,52)53)15-17-35(33)42(22-6-24-57(46,47)48)37(40)19-13-30(29-11-8-28(9-12-29)10-21-39(44)45)14-20-38-41(3,4)34-27-32(60(54,55)56)16-18-36(34)43(38)23-7-25-58(49,50)51/h8-9,11-20,26-27H,5-7,10,21-25H2,1-4H3,(H6-,44,45,46,47,48,49,50,51,52,53,54,55,56)/p-1. The van der Waals surface area contributed by atoms with Gasteiger partial charge in [-0.3, -0.25) is 18.1 Å². The molecule has 15 nitrogen and oxygen atoms in total. The summed E-state index contributed by atoms with van der Waals surface area (Å²) in [5.41, 5.74) is 4.12. The number of aliphatic carboxylic acids is 1. The van der Waals surface area contributed by atoms with Crippen molar-refractivity contribution in [1.82, 2.24) is 0 Å². The molecule has 5 rings (SSSR count). The van der Waals surface area contributed by atoms with Crippen molar-refractivity contribution in [3.05, 3.63) is 113 Å². The van der Waals surface area contributed by atoms with Crippen LogP contribution in [0.4, 0.5) is 11.4 Å². The van der Waals surface area contributed by atoms with Gasteiger partial charge in [0.2, 0.25) is 5.69 Å². The first kappa shape index (κ1) is 47.1. The van der Waals surface area contributed by atoms with E-state index < -0.39 is 63.0 Å². The van der Waals surface area contributed by atoms with E-state index in [-0.39, 0.29) is 43.4 Å². The summed E-state index contributed by atoms with van der Waals surface area (Å²) in [4.78, 5) is 51.2. The van der Waals surface area contributed by atoms with E-state index in [2.05, 4.69) is 5.87 Å². The van der Waals surface area contributed by atoms with Crippen molar-refractivity contribution in [2.24, 2.45) is 0 Å². The van der Waals surface area contributed by atoms with E-state index in [0.29, 0.717) is 51.5 Å². The average molecular weight is 904 g/mol. The monoisotopic (exact) mass is 903 g/mol. The van der Waals surface area contributed by atoms with Crippen molar-refractivity contribution in [3.63, 3.8) is 0 Å². The molecule has 0 aromatic heterocycles. The molecule has 0 radical (unpaired) electrons. The van der Waals surface area contributed by atoms with Crippen molar-refractivity contribution in [2.75, 3.05) is 30.3 Å². The Morgan fingerprint density at radius 3 is 2.03 bits per heavy atom. The molecule has 324 valence electrons. The third-order valence-corrected chi connectivity index (χ3v) is 14.4. The average Bonchev–Trinajstić information content (AvgIpc) is 3.46. The van der Waals surface area contributed by atoms with E-state index in [1.807, 2.05) is 73.6 Å². The number of nitrogens with zero attached hydrogens (tertiary/aromatic N) is 2. The Hall–Kier alpha value is -3.99. The zero-order valence-electron chi connectivity index (χ0n) is 33.6. The number of rotatable bonds is 17. The summed E-state index contributed by atoms with van der Waals surface area (Å²) in [6.45, 7) is 7.82. The molecule has 60 heavy (non-hydrogen) atoms. The fourth-order valence-electron chi connectivity index (χ4n) is 7.71. The highest BCUT2D eigenvalue weighted by Gasteiger charge is 2.45. The molecule has 0 bridgehead atoms. The maximum Gasteiger partial charge on any atom is 0.325 e. The van der Waals surface area contributed by atoms with E-state index in [1.54, 1.807) is 24.3 Å². The van der Waals surface area contributed by atoms with Gasteiger partial charge in [-0.25, -0.2) is 8.42 Å². The van der Waals surface area contributed by atoms with Crippen molar-refractivity contribution >= 4 is 69.6 Å². The molecule has 0 fully saturated rings. The summed E-state index contributed by atoms with van der Waals surface area (Å²) < 4.78 is 86.7. The molecule has 5 N–H and O–H groups in total. The van der Waals surface area contributed by atoms with Gasteiger partial charge in [-0.15, -0.1) is 0 Å². The Balaban J connectivity index is 1.69. The summed E-state index contributed by atoms with van der Waals surface area (Å²) in [7, 11) is -17.3. The van der Waals surface area contributed by atoms with Crippen molar-refractivity contribution in [3.8, 4) is 0 Å². The number of benzene rings is 3. The van der Waals surface area contributed by atoms with Crippen molar-refractivity contribution < 1.29 is 64.9 Å². The summed E-state index contributed by atoms with van der Waals surface area (Å²) >= 11 is 0. The molecule has 19 heteroatoms. The second kappa shape index (κ2) is 17.4. The number of anilines is 1.